The van der Waals surface area contributed by atoms with Crippen molar-refractivity contribution in [2.45, 2.75) is 32.4 Å². The number of ketones is 1. The van der Waals surface area contributed by atoms with Gasteiger partial charge < -0.3 is 4.74 Å². The molecule has 0 spiro atoms. The Morgan fingerprint density at radius 2 is 1.75 bits per heavy atom. The molecule has 148 valence electrons. The molecule has 0 fully saturated rings. The second-order valence-corrected chi connectivity index (χ2v) is 8.73. The number of carbonyl (C=O) groups is 2. The molecular weight excluding hydrogens is 385 g/mol. The van der Waals surface area contributed by atoms with Crippen LogP contribution in [-0.2, 0) is 21.2 Å². The van der Waals surface area contributed by atoms with Gasteiger partial charge in [-0.3, -0.25) is 9.10 Å². The SMILES string of the molecule is C[C@H](OC(=O)c1ccc2c(c1)C[C@@H](C)N2S(C)(=O)=O)C(=O)c1ccc(F)cc1. The number of anilines is 1. The van der Waals surface area contributed by atoms with Crippen LogP contribution in [0.5, 0.6) is 0 Å². The van der Waals surface area contributed by atoms with Gasteiger partial charge in [-0.2, -0.15) is 0 Å². The zero-order valence-electron chi connectivity index (χ0n) is 15.7. The number of esters is 1. The summed E-state index contributed by atoms with van der Waals surface area (Å²) in [6, 6.07) is 9.39. The van der Waals surface area contributed by atoms with Gasteiger partial charge in [-0.05, 0) is 68.3 Å². The molecule has 28 heavy (non-hydrogen) atoms. The Morgan fingerprint density at radius 1 is 1.14 bits per heavy atom. The van der Waals surface area contributed by atoms with E-state index in [2.05, 4.69) is 0 Å². The predicted octanol–water partition coefficient (Wildman–Crippen LogP) is 2.96. The maximum absolute atomic E-state index is 13.0. The minimum atomic E-state index is -3.42. The smallest absolute Gasteiger partial charge is 0.338 e. The van der Waals surface area contributed by atoms with Crippen LogP contribution in [0.1, 0.15) is 40.1 Å². The number of benzene rings is 2. The van der Waals surface area contributed by atoms with Gasteiger partial charge in [0.1, 0.15) is 5.82 Å². The van der Waals surface area contributed by atoms with Crippen LogP contribution in [0.25, 0.3) is 0 Å². The summed E-state index contributed by atoms with van der Waals surface area (Å²) < 4.78 is 43.5. The number of nitrogens with zero attached hydrogens (tertiary/aromatic N) is 1. The number of carbonyl (C=O) groups excluding carboxylic acids is 2. The Kier molecular flexibility index (Phi) is 5.25. The highest BCUT2D eigenvalue weighted by atomic mass is 32.2. The quantitative estimate of drug-likeness (QED) is 0.564. The lowest BCUT2D eigenvalue weighted by Crippen LogP contribution is -2.34. The van der Waals surface area contributed by atoms with Crippen LogP contribution in [0.3, 0.4) is 0 Å². The van der Waals surface area contributed by atoms with Crippen molar-refractivity contribution in [1.82, 2.24) is 0 Å². The predicted molar refractivity (Wildman–Crippen MR) is 103 cm³/mol. The topological polar surface area (TPSA) is 80.8 Å². The molecule has 1 aliphatic rings. The van der Waals surface area contributed by atoms with Gasteiger partial charge in [-0.1, -0.05) is 0 Å². The van der Waals surface area contributed by atoms with Gasteiger partial charge in [0.2, 0.25) is 15.8 Å². The molecule has 0 aliphatic carbocycles. The van der Waals surface area contributed by atoms with Crippen molar-refractivity contribution in [1.29, 1.82) is 0 Å². The van der Waals surface area contributed by atoms with Gasteiger partial charge in [-0.15, -0.1) is 0 Å². The van der Waals surface area contributed by atoms with Crippen LogP contribution in [0.15, 0.2) is 42.5 Å². The van der Waals surface area contributed by atoms with Crippen LogP contribution in [0.2, 0.25) is 0 Å². The highest BCUT2D eigenvalue weighted by Crippen LogP contribution is 2.34. The number of ether oxygens (including phenoxy) is 1. The second-order valence-electron chi connectivity index (χ2n) is 6.87. The first-order chi connectivity index (χ1) is 13.1. The summed E-state index contributed by atoms with van der Waals surface area (Å²) in [7, 11) is -3.42. The van der Waals surface area contributed by atoms with E-state index >= 15 is 0 Å². The van der Waals surface area contributed by atoms with Crippen molar-refractivity contribution in [2.75, 3.05) is 10.6 Å². The molecule has 0 saturated carbocycles. The Hall–Kier alpha value is -2.74. The van der Waals surface area contributed by atoms with E-state index in [1.165, 1.54) is 29.4 Å². The second kappa shape index (κ2) is 7.35. The Balaban J connectivity index is 1.76. The number of rotatable bonds is 5. The third kappa shape index (κ3) is 3.91. The minimum absolute atomic E-state index is 0.236. The summed E-state index contributed by atoms with van der Waals surface area (Å²) in [6.45, 7) is 3.24. The molecule has 3 rings (SSSR count). The van der Waals surface area contributed by atoms with E-state index in [1.54, 1.807) is 19.1 Å². The molecule has 0 radical (unpaired) electrons. The van der Waals surface area contributed by atoms with Gasteiger partial charge in [-0.25, -0.2) is 17.6 Å². The first-order valence-corrected chi connectivity index (χ1v) is 10.6. The molecule has 0 unspecified atom stereocenters. The van der Waals surface area contributed by atoms with Crippen molar-refractivity contribution in [3.05, 3.63) is 65.0 Å². The molecule has 2 aromatic carbocycles. The van der Waals surface area contributed by atoms with E-state index in [0.29, 0.717) is 12.1 Å². The van der Waals surface area contributed by atoms with Gasteiger partial charge in [0.25, 0.3) is 0 Å². The molecular formula is C20H20FNO5S. The fraction of sp³-hybridized carbons (Fsp3) is 0.300. The Bertz CT molecular complexity index is 1030. The number of Topliss-reactive ketones (excluding diaryl/α,β-unsaturated/α-hetero) is 1. The zero-order chi connectivity index (χ0) is 20.6. The number of halogens is 1. The monoisotopic (exact) mass is 405 g/mol. The van der Waals surface area contributed by atoms with E-state index in [-0.39, 0.29) is 17.2 Å². The standard InChI is InChI=1S/C20H20FNO5S/c1-12-10-16-11-15(6-9-18(16)22(12)28(3,25)26)20(24)27-13(2)19(23)14-4-7-17(21)8-5-14/h4-9,11-13H,10H2,1-3H3/t12-,13+/m1/s1. The lowest BCUT2D eigenvalue weighted by Gasteiger charge is -2.22. The fourth-order valence-corrected chi connectivity index (χ4v) is 4.63. The third-order valence-corrected chi connectivity index (χ3v) is 5.88. The summed E-state index contributed by atoms with van der Waals surface area (Å²) >= 11 is 0. The highest BCUT2D eigenvalue weighted by molar-refractivity contribution is 7.92. The molecule has 0 bridgehead atoms. The molecule has 0 N–H and O–H groups in total. The van der Waals surface area contributed by atoms with Crippen molar-refractivity contribution >= 4 is 27.5 Å². The largest absolute Gasteiger partial charge is 0.451 e. The molecule has 1 heterocycles. The Morgan fingerprint density at radius 3 is 2.36 bits per heavy atom. The molecule has 6 nitrogen and oxygen atoms in total. The van der Waals surface area contributed by atoms with Crippen molar-refractivity contribution in [2.24, 2.45) is 0 Å². The summed E-state index contributed by atoms with van der Waals surface area (Å²) in [4.78, 5) is 24.8. The van der Waals surface area contributed by atoms with Gasteiger partial charge in [0, 0.05) is 11.6 Å². The summed E-state index contributed by atoms with van der Waals surface area (Å²) in [5.41, 5.74) is 1.75. The third-order valence-electron chi connectivity index (χ3n) is 4.61. The first-order valence-electron chi connectivity index (χ1n) is 8.71. The van der Waals surface area contributed by atoms with E-state index in [4.69, 9.17) is 4.74 Å². The van der Waals surface area contributed by atoms with E-state index < -0.39 is 33.7 Å². The normalized spacial score (nSPS) is 17.1. The van der Waals surface area contributed by atoms with Crippen LogP contribution in [0, 0.1) is 5.82 Å². The molecule has 8 heteroatoms. The summed E-state index contributed by atoms with van der Waals surface area (Å²) in [5, 5.41) is 0. The molecule has 0 amide bonds. The molecule has 1 aliphatic heterocycles. The van der Waals surface area contributed by atoms with Crippen LogP contribution in [0.4, 0.5) is 10.1 Å². The van der Waals surface area contributed by atoms with Gasteiger partial charge >= 0.3 is 5.97 Å². The van der Waals surface area contributed by atoms with Gasteiger partial charge in [0.05, 0.1) is 17.5 Å². The van der Waals surface area contributed by atoms with E-state index in [9.17, 15) is 22.4 Å². The number of sulfonamides is 1. The maximum Gasteiger partial charge on any atom is 0.338 e. The Labute approximate surface area is 163 Å². The van der Waals surface area contributed by atoms with Crippen LogP contribution < -0.4 is 4.31 Å². The molecule has 2 aromatic rings. The average Bonchev–Trinajstić information content (AvgIpc) is 2.96. The van der Waals surface area contributed by atoms with Crippen molar-refractivity contribution in [3.8, 4) is 0 Å². The molecule has 0 saturated heterocycles. The minimum Gasteiger partial charge on any atom is -0.451 e. The van der Waals surface area contributed by atoms with Crippen molar-refractivity contribution < 1.29 is 27.1 Å². The molecule has 0 aromatic heterocycles. The van der Waals surface area contributed by atoms with E-state index in [1.807, 2.05) is 0 Å². The fourth-order valence-electron chi connectivity index (χ4n) is 3.37. The average molecular weight is 405 g/mol. The van der Waals surface area contributed by atoms with Crippen LogP contribution >= 0.6 is 0 Å². The number of hydrogen-bond acceptors (Lipinski definition) is 5. The highest BCUT2D eigenvalue weighted by Gasteiger charge is 2.33. The summed E-state index contributed by atoms with van der Waals surface area (Å²) in [5.74, 6) is -1.58. The van der Waals surface area contributed by atoms with Crippen molar-refractivity contribution in [3.63, 3.8) is 0 Å². The lowest BCUT2D eigenvalue weighted by molar-refractivity contribution is 0.0318. The lowest BCUT2D eigenvalue weighted by atomic mass is 10.1. The first kappa shape index (κ1) is 20.0. The maximum atomic E-state index is 13.0. The zero-order valence-corrected chi connectivity index (χ0v) is 16.5. The summed E-state index contributed by atoms with van der Waals surface area (Å²) in [6.07, 6.45) is 0.578. The van der Waals surface area contributed by atoms with E-state index in [0.717, 1.165) is 24.0 Å². The van der Waals surface area contributed by atoms with Gasteiger partial charge in [0.15, 0.2) is 6.10 Å². The number of fused-ring (bicyclic) bond motifs is 1. The molecule has 2 atom stereocenters. The number of hydrogen-bond donors (Lipinski definition) is 0. The van der Waals surface area contributed by atoms with Crippen LogP contribution in [-0.4, -0.2) is 38.6 Å².